The second-order valence-corrected chi connectivity index (χ2v) is 6.31. The summed E-state index contributed by atoms with van der Waals surface area (Å²) in [4.78, 5) is 24.8. The van der Waals surface area contributed by atoms with E-state index in [9.17, 15) is 9.59 Å². The number of amides is 2. The number of nitrogens with zero attached hydrogens (tertiary/aromatic N) is 1. The predicted molar refractivity (Wildman–Crippen MR) is 71.5 cm³/mol. The van der Waals surface area contributed by atoms with E-state index in [0.717, 1.165) is 6.42 Å². The summed E-state index contributed by atoms with van der Waals surface area (Å²) in [5.74, 6) is -1.02. The van der Waals surface area contributed by atoms with Crippen LogP contribution in [-0.4, -0.2) is 40.6 Å². The molecule has 0 rings (SSSR count). The summed E-state index contributed by atoms with van der Waals surface area (Å²) in [6, 6.07) is -1.26. The summed E-state index contributed by atoms with van der Waals surface area (Å²) in [7, 11) is 1.68. The molecule has 0 heterocycles. The maximum absolute atomic E-state index is 12.1. The van der Waals surface area contributed by atoms with Gasteiger partial charge < -0.3 is 15.3 Å². The Morgan fingerprint density at radius 3 is 1.94 bits per heavy atom. The van der Waals surface area contributed by atoms with Gasteiger partial charge in [0.15, 0.2) is 0 Å². The first-order chi connectivity index (χ1) is 7.93. The number of aliphatic carboxylic acids is 1. The first kappa shape index (κ1) is 16.7. The van der Waals surface area contributed by atoms with Gasteiger partial charge in [0, 0.05) is 12.6 Å². The first-order valence-electron chi connectivity index (χ1n) is 6.20. The van der Waals surface area contributed by atoms with E-state index in [1.807, 2.05) is 20.8 Å². The van der Waals surface area contributed by atoms with Crippen LogP contribution in [0.15, 0.2) is 0 Å². The fourth-order valence-electron chi connectivity index (χ4n) is 1.38. The third kappa shape index (κ3) is 4.20. The minimum atomic E-state index is -1.02. The number of rotatable bonds is 4. The smallest absolute Gasteiger partial charge is 0.326 e. The molecule has 5 heteroatoms. The maximum Gasteiger partial charge on any atom is 0.326 e. The molecule has 2 N–H and O–H groups in total. The van der Waals surface area contributed by atoms with E-state index in [2.05, 4.69) is 5.32 Å². The summed E-state index contributed by atoms with van der Waals surface area (Å²) in [5, 5.41) is 11.8. The van der Waals surface area contributed by atoms with Crippen LogP contribution >= 0.6 is 0 Å². The molecule has 18 heavy (non-hydrogen) atoms. The third-order valence-corrected chi connectivity index (χ3v) is 3.46. The zero-order valence-electron chi connectivity index (χ0n) is 12.5. The van der Waals surface area contributed by atoms with E-state index >= 15 is 0 Å². The molecular weight excluding hydrogens is 232 g/mol. The highest BCUT2D eigenvalue weighted by atomic mass is 16.4. The Morgan fingerprint density at radius 1 is 1.22 bits per heavy atom. The van der Waals surface area contributed by atoms with Crippen molar-refractivity contribution in [3.63, 3.8) is 0 Å². The molecule has 0 fully saturated rings. The highest BCUT2D eigenvalue weighted by Gasteiger charge is 2.35. The number of hydrogen-bond donors (Lipinski definition) is 2. The van der Waals surface area contributed by atoms with Gasteiger partial charge in [0.05, 0.1) is 0 Å². The van der Waals surface area contributed by atoms with Gasteiger partial charge in [-0.2, -0.15) is 0 Å². The molecule has 0 aromatic rings. The Bertz CT molecular complexity index is 319. The Morgan fingerprint density at radius 2 is 1.67 bits per heavy atom. The Labute approximate surface area is 110 Å². The lowest BCUT2D eigenvalue weighted by Crippen LogP contribution is -2.56. The van der Waals surface area contributed by atoms with Gasteiger partial charge in [-0.05, 0) is 25.7 Å². The molecule has 1 atom stereocenters. The summed E-state index contributed by atoms with van der Waals surface area (Å²) in [5.41, 5.74) is -0.830. The summed E-state index contributed by atoms with van der Waals surface area (Å²) in [6.45, 7) is 11.2. The van der Waals surface area contributed by atoms with Gasteiger partial charge in [0.2, 0.25) is 0 Å². The summed E-state index contributed by atoms with van der Waals surface area (Å²) >= 11 is 0. The number of nitrogens with one attached hydrogen (secondary N) is 1. The van der Waals surface area contributed by atoms with Crippen molar-refractivity contribution in [2.24, 2.45) is 5.41 Å². The molecule has 5 nitrogen and oxygen atoms in total. The standard InChI is InChI=1S/C13H26N2O3/c1-8-13(5,6)15(7)11(18)14-9(10(16)17)12(2,3)4/h9H,8H2,1-7H3,(H,14,18)(H,16,17)/t9-/m1/s1. The number of urea groups is 1. The first-order valence-corrected chi connectivity index (χ1v) is 6.20. The zero-order chi connectivity index (χ0) is 14.7. The van der Waals surface area contributed by atoms with Gasteiger partial charge in [0.25, 0.3) is 0 Å². The van der Waals surface area contributed by atoms with Crippen LogP contribution in [0.4, 0.5) is 4.79 Å². The van der Waals surface area contributed by atoms with Gasteiger partial charge >= 0.3 is 12.0 Å². The van der Waals surface area contributed by atoms with Crippen LogP contribution in [0, 0.1) is 5.41 Å². The van der Waals surface area contributed by atoms with Crippen LogP contribution in [0.1, 0.15) is 48.0 Å². The van der Waals surface area contributed by atoms with Crippen molar-refractivity contribution in [2.45, 2.75) is 59.5 Å². The lowest BCUT2D eigenvalue weighted by molar-refractivity contribution is -0.142. The molecule has 106 valence electrons. The van der Waals surface area contributed by atoms with E-state index in [1.54, 1.807) is 32.7 Å². The van der Waals surface area contributed by atoms with Crippen LogP contribution in [-0.2, 0) is 4.79 Å². The maximum atomic E-state index is 12.1. The van der Waals surface area contributed by atoms with E-state index in [-0.39, 0.29) is 11.6 Å². The summed E-state index contributed by atoms with van der Waals surface area (Å²) < 4.78 is 0. The second kappa shape index (κ2) is 5.59. The molecule has 0 unspecified atom stereocenters. The molecule has 2 amide bonds. The number of carbonyl (C=O) groups is 2. The quantitative estimate of drug-likeness (QED) is 0.813. The lowest BCUT2D eigenvalue weighted by atomic mass is 9.87. The zero-order valence-corrected chi connectivity index (χ0v) is 12.5. The van der Waals surface area contributed by atoms with Crippen LogP contribution < -0.4 is 5.32 Å². The number of carbonyl (C=O) groups excluding carboxylic acids is 1. The van der Waals surface area contributed by atoms with Gasteiger partial charge in [-0.25, -0.2) is 9.59 Å². The normalized spacial score (nSPS) is 13.9. The van der Waals surface area contributed by atoms with Crippen LogP contribution in [0.5, 0.6) is 0 Å². The van der Waals surface area contributed by atoms with E-state index < -0.39 is 17.4 Å². The molecule has 0 aliphatic rings. The molecular formula is C13H26N2O3. The Balaban J connectivity index is 4.88. The molecule has 0 aliphatic carbocycles. The molecule has 0 spiro atoms. The summed E-state index contributed by atoms with van der Waals surface area (Å²) in [6.07, 6.45) is 0.796. The SMILES string of the molecule is CCC(C)(C)N(C)C(=O)N[C@H](C(=O)O)C(C)(C)C. The van der Waals surface area contributed by atoms with Crippen molar-refractivity contribution in [3.8, 4) is 0 Å². The van der Waals surface area contributed by atoms with E-state index in [1.165, 1.54) is 0 Å². The van der Waals surface area contributed by atoms with Crippen molar-refractivity contribution in [1.82, 2.24) is 10.2 Å². The minimum Gasteiger partial charge on any atom is -0.480 e. The van der Waals surface area contributed by atoms with Gasteiger partial charge in [-0.15, -0.1) is 0 Å². The van der Waals surface area contributed by atoms with Crippen molar-refractivity contribution < 1.29 is 14.7 Å². The second-order valence-electron chi connectivity index (χ2n) is 6.31. The molecule has 0 saturated heterocycles. The van der Waals surface area contributed by atoms with Crippen LogP contribution in [0.2, 0.25) is 0 Å². The largest absolute Gasteiger partial charge is 0.480 e. The molecule has 0 aromatic heterocycles. The highest BCUT2D eigenvalue weighted by Crippen LogP contribution is 2.21. The average Bonchev–Trinajstić information content (AvgIpc) is 2.22. The monoisotopic (exact) mass is 258 g/mol. The number of hydrogen-bond acceptors (Lipinski definition) is 2. The molecule has 0 radical (unpaired) electrons. The van der Waals surface area contributed by atoms with Gasteiger partial charge in [-0.1, -0.05) is 27.7 Å². The molecule has 0 aromatic carbocycles. The molecule has 0 aliphatic heterocycles. The minimum absolute atomic E-state index is 0.301. The van der Waals surface area contributed by atoms with Gasteiger partial charge in [-0.3, -0.25) is 0 Å². The fourth-order valence-corrected chi connectivity index (χ4v) is 1.38. The molecule has 0 saturated carbocycles. The lowest BCUT2D eigenvalue weighted by Gasteiger charge is -2.37. The van der Waals surface area contributed by atoms with Crippen molar-refractivity contribution in [3.05, 3.63) is 0 Å². The highest BCUT2D eigenvalue weighted by molar-refractivity contribution is 5.83. The fraction of sp³-hybridized carbons (Fsp3) is 0.846. The Kier molecular flexibility index (Phi) is 5.20. The van der Waals surface area contributed by atoms with Gasteiger partial charge in [0.1, 0.15) is 6.04 Å². The van der Waals surface area contributed by atoms with E-state index in [0.29, 0.717) is 0 Å². The topological polar surface area (TPSA) is 69.6 Å². The Hall–Kier alpha value is -1.26. The molecule has 0 bridgehead atoms. The third-order valence-electron chi connectivity index (χ3n) is 3.46. The van der Waals surface area contributed by atoms with Crippen molar-refractivity contribution >= 4 is 12.0 Å². The average molecular weight is 258 g/mol. The van der Waals surface area contributed by atoms with E-state index in [4.69, 9.17) is 5.11 Å². The number of carboxylic acids is 1. The van der Waals surface area contributed by atoms with Crippen molar-refractivity contribution in [1.29, 1.82) is 0 Å². The number of carboxylic acid groups (broad SMARTS) is 1. The van der Waals surface area contributed by atoms with Crippen LogP contribution in [0.25, 0.3) is 0 Å². The van der Waals surface area contributed by atoms with Crippen LogP contribution in [0.3, 0.4) is 0 Å². The van der Waals surface area contributed by atoms with Crippen molar-refractivity contribution in [2.75, 3.05) is 7.05 Å². The predicted octanol–water partition coefficient (Wildman–Crippen LogP) is 2.32.